The third-order valence-corrected chi connectivity index (χ3v) is 3.59. The van der Waals surface area contributed by atoms with Crippen molar-refractivity contribution >= 4 is 0 Å². The summed E-state index contributed by atoms with van der Waals surface area (Å²) in [6, 6.07) is 15.5. The van der Waals surface area contributed by atoms with E-state index in [0.717, 1.165) is 11.1 Å². The minimum absolute atomic E-state index is 0.283. The molecule has 2 atom stereocenters. The highest BCUT2D eigenvalue weighted by Gasteiger charge is 2.24. The Bertz CT molecular complexity index is 699. The molecule has 1 N–H and O–H groups in total. The van der Waals surface area contributed by atoms with Crippen LogP contribution in [0.5, 0.6) is 0 Å². The van der Waals surface area contributed by atoms with E-state index in [9.17, 15) is 9.50 Å². The maximum absolute atomic E-state index is 13.0. The van der Waals surface area contributed by atoms with Crippen molar-refractivity contribution in [3.8, 4) is 0 Å². The molecular formula is C17H16FN3O. The van der Waals surface area contributed by atoms with Crippen LogP contribution in [0.25, 0.3) is 0 Å². The lowest BCUT2D eigenvalue weighted by molar-refractivity contribution is 0.124. The molecule has 0 bridgehead atoms. The molecule has 0 saturated heterocycles. The van der Waals surface area contributed by atoms with Crippen LogP contribution >= 0.6 is 0 Å². The van der Waals surface area contributed by atoms with Gasteiger partial charge in [-0.05, 0) is 23.3 Å². The minimum atomic E-state index is -0.699. The fourth-order valence-corrected chi connectivity index (χ4v) is 2.54. The molecule has 0 spiro atoms. The van der Waals surface area contributed by atoms with E-state index in [1.54, 1.807) is 23.1 Å². The summed E-state index contributed by atoms with van der Waals surface area (Å²) in [5.41, 5.74) is 1.82. The van der Waals surface area contributed by atoms with E-state index in [-0.39, 0.29) is 11.9 Å². The molecule has 22 heavy (non-hydrogen) atoms. The van der Waals surface area contributed by atoms with Gasteiger partial charge in [-0.25, -0.2) is 14.1 Å². The van der Waals surface area contributed by atoms with Gasteiger partial charge >= 0.3 is 0 Å². The normalized spacial score (nSPS) is 13.7. The number of rotatable bonds is 5. The third kappa shape index (κ3) is 3.20. The zero-order valence-corrected chi connectivity index (χ0v) is 11.9. The zero-order valence-electron chi connectivity index (χ0n) is 11.9. The molecule has 0 radical (unpaired) electrons. The average molecular weight is 297 g/mol. The minimum Gasteiger partial charge on any atom is -0.390 e. The molecule has 3 rings (SSSR count). The van der Waals surface area contributed by atoms with E-state index in [1.807, 2.05) is 30.3 Å². The molecule has 0 saturated carbocycles. The summed E-state index contributed by atoms with van der Waals surface area (Å²) in [5, 5.41) is 14.8. The fourth-order valence-electron chi connectivity index (χ4n) is 2.54. The van der Waals surface area contributed by atoms with Crippen molar-refractivity contribution < 1.29 is 9.50 Å². The highest BCUT2D eigenvalue weighted by atomic mass is 19.1. The van der Waals surface area contributed by atoms with Crippen LogP contribution in [-0.4, -0.2) is 26.0 Å². The number of aliphatic hydroxyl groups excluding tert-OH is 1. The van der Waals surface area contributed by atoms with Crippen LogP contribution in [0.4, 0.5) is 4.39 Å². The first-order chi connectivity index (χ1) is 10.7. The van der Waals surface area contributed by atoms with Crippen LogP contribution in [-0.2, 0) is 6.42 Å². The largest absolute Gasteiger partial charge is 0.390 e. The van der Waals surface area contributed by atoms with E-state index < -0.39 is 6.10 Å². The van der Waals surface area contributed by atoms with Gasteiger partial charge in [-0.2, -0.15) is 5.10 Å². The third-order valence-electron chi connectivity index (χ3n) is 3.59. The Morgan fingerprint density at radius 3 is 2.41 bits per heavy atom. The summed E-state index contributed by atoms with van der Waals surface area (Å²) in [5.74, 6) is -0.283. The van der Waals surface area contributed by atoms with Gasteiger partial charge in [0.2, 0.25) is 0 Å². The number of hydrogen-bond donors (Lipinski definition) is 1. The van der Waals surface area contributed by atoms with Crippen molar-refractivity contribution in [2.24, 2.45) is 0 Å². The highest BCUT2D eigenvalue weighted by Crippen LogP contribution is 2.23. The van der Waals surface area contributed by atoms with Gasteiger partial charge in [0.1, 0.15) is 24.5 Å². The Hall–Kier alpha value is -2.53. The summed E-state index contributed by atoms with van der Waals surface area (Å²) in [4.78, 5) is 3.96. The van der Waals surface area contributed by atoms with Crippen molar-refractivity contribution in [1.29, 1.82) is 0 Å². The van der Waals surface area contributed by atoms with Gasteiger partial charge in [-0.3, -0.25) is 0 Å². The molecule has 0 fully saturated rings. The molecule has 0 aliphatic heterocycles. The summed E-state index contributed by atoms with van der Waals surface area (Å²) in [7, 11) is 0. The fraction of sp³-hybridized carbons (Fsp3) is 0.176. The SMILES string of the molecule is OC(Cc1ccc(F)cc1)C(c1ccccc1)n1cncn1. The van der Waals surface area contributed by atoms with Crippen LogP contribution in [0.3, 0.4) is 0 Å². The molecule has 3 aromatic rings. The van der Waals surface area contributed by atoms with Crippen molar-refractivity contribution in [3.63, 3.8) is 0 Å². The van der Waals surface area contributed by atoms with Crippen molar-refractivity contribution in [2.45, 2.75) is 18.6 Å². The Balaban J connectivity index is 1.87. The van der Waals surface area contributed by atoms with Gasteiger partial charge in [0.15, 0.2) is 0 Å². The second-order valence-electron chi connectivity index (χ2n) is 5.13. The zero-order chi connectivity index (χ0) is 15.4. The second-order valence-corrected chi connectivity index (χ2v) is 5.13. The Labute approximate surface area is 127 Å². The van der Waals surface area contributed by atoms with Gasteiger partial charge in [0.25, 0.3) is 0 Å². The van der Waals surface area contributed by atoms with E-state index in [4.69, 9.17) is 0 Å². The van der Waals surface area contributed by atoms with Crippen LogP contribution < -0.4 is 0 Å². The topological polar surface area (TPSA) is 50.9 Å². The van der Waals surface area contributed by atoms with Crippen LogP contribution in [0.1, 0.15) is 17.2 Å². The van der Waals surface area contributed by atoms with E-state index in [1.165, 1.54) is 18.5 Å². The van der Waals surface area contributed by atoms with Gasteiger partial charge in [-0.15, -0.1) is 0 Å². The summed E-state index contributed by atoms with van der Waals surface area (Å²) in [6.07, 6.45) is 2.74. The molecule has 112 valence electrons. The first-order valence-electron chi connectivity index (χ1n) is 7.05. The van der Waals surface area contributed by atoms with Gasteiger partial charge < -0.3 is 5.11 Å². The number of aliphatic hydroxyl groups is 1. The standard InChI is InChI=1S/C17H16FN3O/c18-15-8-6-13(7-9-15)10-16(22)17(21-12-19-11-20-21)14-4-2-1-3-5-14/h1-9,11-12,16-17,22H,10H2. The molecular weight excluding hydrogens is 281 g/mol. The smallest absolute Gasteiger partial charge is 0.137 e. The summed E-state index contributed by atoms with van der Waals surface area (Å²) >= 11 is 0. The Morgan fingerprint density at radius 1 is 1.05 bits per heavy atom. The molecule has 4 nitrogen and oxygen atoms in total. The predicted octanol–water partition coefficient (Wildman–Crippen LogP) is 2.61. The first-order valence-corrected chi connectivity index (χ1v) is 7.05. The van der Waals surface area contributed by atoms with Crippen LogP contribution in [0, 0.1) is 5.82 Å². The molecule has 1 heterocycles. The summed E-state index contributed by atoms with van der Waals surface area (Å²) in [6.45, 7) is 0. The van der Waals surface area contributed by atoms with Crippen molar-refractivity contribution in [1.82, 2.24) is 14.8 Å². The average Bonchev–Trinajstić information content (AvgIpc) is 3.05. The number of hydrogen-bond acceptors (Lipinski definition) is 3. The predicted molar refractivity (Wildman–Crippen MR) is 80.7 cm³/mol. The second kappa shape index (κ2) is 6.49. The summed E-state index contributed by atoms with van der Waals surface area (Å²) < 4.78 is 14.6. The van der Waals surface area contributed by atoms with E-state index in [2.05, 4.69) is 10.1 Å². The van der Waals surface area contributed by atoms with Crippen molar-refractivity contribution in [2.75, 3.05) is 0 Å². The van der Waals surface area contributed by atoms with Crippen LogP contribution in [0.2, 0.25) is 0 Å². The Morgan fingerprint density at radius 2 is 1.77 bits per heavy atom. The number of aromatic nitrogens is 3. The molecule has 0 aliphatic carbocycles. The maximum atomic E-state index is 13.0. The quantitative estimate of drug-likeness (QED) is 0.787. The molecule has 0 aliphatic rings. The van der Waals surface area contributed by atoms with E-state index >= 15 is 0 Å². The monoisotopic (exact) mass is 297 g/mol. The first kappa shape index (κ1) is 14.4. The molecule has 5 heteroatoms. The lowest BCUT2D eigenvalue weighted by Gasteiger charge is -2.23. The molecule has 0 amide bonds. The molecule has 2 unspecified atom stereocenters. The maximum Gasteiger partial charge on any atom is 0.137 e. The lowest BCUT2D eigenvalue weighted by atomic mass is 9.96. The number of nitrogens with zero attached hydrogens (tertiary/aromatic N) is 3. The van der Waals surface area contributed by atoms with Crippen LogP contribution in [0.15, 0.2) is 67.3 Å². The highest BCUT2D eigenvalue weighted by molar-refractivity contribution is 5.23. The molecule has 2 aromatic carbocycles. The van der Waals surface area contributed by atoms with E-state index in [0.29, 0.717) is 6.42 Å². The van der Waals surface area contributed by atoms with Gasteiger partial charge in [0.05, 0.1) is 6.10 Å². The number of halogens is 1. The van der Waals surface area contributed by atoms with Crippen molar-refractivity contribution in [3.05, 3.63) is 84.2 Å². The number of benzene rings is 2. The van der Waals surface area contributed by atoms with Gasteiger partial charge in [-0.1, -0.05) is 42.5 Å². The Kier molecular flexibility index (Phi) is 4.25. The van der Waals surface area contributed by atoms with Gasteiger partial charge in [0, 0.05) is 6.42 Å². The lowest BCUT2D eigenvalue weighted by Crippen LogP contribution is -2.27. The molecule has 1 aromatic heterocycles.